The van der Waals surface area contributed by atoms with Crippen LogP contribution in [0.4, 0.5) is 5.82 Å². The molecule has 8 heteroatoms. The van der Waals surface area contributed by atoms with E-state index in [0.717, 1.165) is 5.56 Å². The van der Waals surface area contributed by atoms with Crippen LogP contribution in [-0.4, -0.2) is 40.4 Å². The summed E-state index contributed by atoms with van der Waals surface area (Å²) in [4.78, 5) is 31.7. The van der Waals surface area contributed by atoms with Crippen LogP contribution in [0, 0.1) is 0 Å². The maximum absolute atomic E-state index is 13.3. The van der Waals surface area contributed by atoms with Crippen LogP contribution >= 0.6 is 15.9 Å². The molecule has 2 heterocycles. The number of aromatic nitrogens is 1. The molecule has 0 bridgehead atoms. The fraction of sp³-hybridized carbons (Fsp3) is 0.381. The van der Waals surface area contributed by atoms with Crippen molar-refractivity contribution in [1.82, 2.24) is 15.2 Å². The number of amides is 2. The van der Waals surface area contributed by atoms with Crippen LogP contribution in [0.3, 0.4) is 0 Å². The van der Waals surface area contributed by atoms with Crippen molar-refractivity contribution in [3.8, 4) is 5.75 Å². The molecule has 1 aromatic carbocycles. The second-order valence-electron chi connectivity index (χ2n) is 7.83. The number of benzene rings is 1. The second kappa shape index (κ2) is 8.41. The third-order valence-electron chi connectivity index (χ3n) is 4.24. The van der Waals surface area contributed by atoms with Gasteiger partial charge in [0.2, 0.25) is 5.91 Å². The van der Waals surface area contributed by atoms with Crippen molar-refractivity contribution in [3.05, 3.63) is 52.1 Å². The number of nitrogens with zero attached hydrogens (tertiary/aromatic N) is 2. The predicted octanol–water partition coefficient (Wildman–Crippen LogP) is 3.72. The highest BCUT2D eigenvalue weighted by molar-refractivity contribution is 9.10. The molecule has 29 heavy (non-hydrogen) atoms. The number of ether oxygens (including phenoxy) is 1. The minimum absolute atomic E-state index is 0.0847. The summed E-state index contributed by atoms with van der Waals surface area (Å²) in [5.41, 5.74) is 0.833. The van der Waals surface area contributed by atoms with Gasteiger partial charge < -0.3 is 20.3 Å². The van der Waals surface area contributed by atoms with E-state index in [1.165, 1.54) is 4.90 Å². The van der Waals surface area contributed by atoms with Crippen LogP contribution in [0.5, 0.6) is 5.75 Å². The van der Waals surface area contributed by atoms with Gasteiger partial charge in [-0.05, 0) is 67.4 Å². The molecule has 0 fully saturated rings. The molecule has 0 saturated heterocycles. The van der Waals surface area contributed by atoms with Gasteiger partial charge in [-0.3, -0.25) is 9.59 Å². The molecule has 2 aromatic rings. The van der Waals surface area contributed by atoms with E-state index in [1.54, 1.807) is 12.3 Å². The van der Waals surface area contributed by atoms with Crippen molar-refractivity contribution in [3.63, 3.8) is 0 Å². The Labute approximate surface area is 179 Å². The van der Waals surface area contributed by atoms with E-state index < -0.39 is 11.7 Å². The zero-order valence-corrected chi connectivity index (χ0v) is 18.5. The van der Waals surface area contributed by atoms with E-state index in [9.17, 15) is 9.59 Å². The molecule has 0 radical (unpaired) electrons. The summed E-state index contributed by atoms with van der Waals surface area (Å²) in [7, 11) is 0. The number of rotatable bonds is 5. The molecule has 0 spiro atoms. The first-order valence-electron chi connectivity index (χ1n) is 9.45. The first kappa shape index (κ1) is 21.1. The molecule has 0 aliphatic carbocycles. The molecule has 3 rings (SSSR count). The van der Waals surface area contributed by atoms with E-state index in [2.05, 4.69) is 31.5 Å². The molecule has 0 saturated carbocycles. The summed E-state index contributed by atoms with van der Waals surface area (Å²) in [6.45, 7) is 8.08. The fourth-order valence-corrected chi connectivity index (χ4v) is 3.51. The number of anilines is 1. The third kappa shape index (κ3) is 5.06. The molecule has 7 nitrogen and oxygen atoms in total. The van der Waals surface area contributed by atoms with E-state index in [4.69, 9.17) is 4.74 Å². The van der Waals surface area contributed by atoms with Gasteiger partial charge in [0.05, 0.1) is 12.2 Å². The topological polar surface area (TPSA) is 83.6 Å². The Morgan fingerprint density at radius 2 is 2.10 bits per heavy atom. The van der Waals surface area contributed by atoms with Gasteiger partial charge in [-0.1, -0.05) is 12.1 Å². The zero-order valence-electron chi connectivity index (χ0n) is 17.0. The molecule has 1 aromatic heterocycles. The van der Waals surface area contributed by atoms with Crippen molar-refractivity contribution >= 4 is 33.6 Å². The van der Waals surface area contributed by atoms with E-state index in [0.29, 0.717) is 28.2 Å². The fourth-order valence-electron chi connectivity index (χ4n) is 3.18. The number of fused-ring (bicyclic) bond motifs is 1. The summed E-state index contributed by atoms with van der Waals surface area (Å²) in [6, 6.07) is 9.19. The van der Waals surface area contributed by atoms with Crippen molar-refractivity contribution < 1.29 is 14.3 Å². The number of nitrogens with one attached hydrogen (secondary N) is 2. The molecule has 2 amide bonds. The van der Waals surface area contributed by atoms with Crippen LogP contribution in [0.25, 0.3) is 0 Å². The quantitative estimate of drug-likeness (QED) is 0.709. The smallest absolute Gasteiger partial charge is 0.260 e. The average Bonchev–Trinajstić information content (AvgIpc) is 2.63. The number of carbonyl (C=O) groups is 2. The largest absolute Gasteiger partial charge is 0.494 e. The number of hydrogen-bond acceptors (Lipinski definition) is 5. The Bertz CT molecular complexity index is 926. The maximum atomic E-state index is 13.3. The summed E-state index contributed by atoms with van der Waals surface area (Å²) in [5, 5.41) is 6.21. The highest BCUT2D eigenvalue weighted by atomic mass is 79.9. The van der Waals surface area contributed by atoms with Crippen LogP contribution in [0.15, 0.2) is 41.0 Å². The Balaban J connectivity index is 1.98. The lowest BCUT2D eigenvalue weighted by Gasteiger charge is -2.37. The van der Waals surface area contributed by atoms with Gasteiger partial charge in [0.1, 0.15) is 24.3 Å². The van der Waals surface area contributed by atoms with Crippen molar-refractivity contribution in [2.75, 3.05) is 18.5 Å². The van der Waals surface area contributed by atoms with E-state index in [-0.39, 0.29) is 18.4 Å². The van der Waals surface area contributed by atoms with Gasteiger partial charge in [0, 0.05) is 16.2 Å². The zero-order chi connectivity index (χ0) is 21.2. The predicted molar refractivity (Wildman–Crippen MR) is 115 cm³/mol. The van der Waals surface area contributed by atoms with Crippen LogP contribution in [-0.2, 0) is 4.79 Å². The molecule has 1 aliphatic rings. The van der Waals surface area contributed by atoms with Crippen LogP contribution < -0.4 is 15.4 Å². The van der Waals surface area contributed by atoms with E-state index in [1.807, 2.05) is 52.0 Å². The minimum atomic E-state index is -0.546. The molecule has 1 atom stereocenters. The molecule has 1 unspecified atom stereocenters. The summed E-state index contributed by atoms with van der Waals surface area (Å²) in [5.74, 6) is 0.693. The lowest BCUT2D eigenvalue weighted by Crippen LogP contribution is -2.51. The monoisotopic (exact) mass is 460 g/mol. The van der Waals surface area contributed by atoms with E-state index >= 15 is 0 Å². The number of hydrogen-bond donors (Lipinski definition) is 2. The standard InChI is InChI=1S/C21H25BrN4O3/c1-5-29-15-8-6-7-13(9-15)19-24-18-16(10-14(22)11-23-18)20(28)26(19)12-17(27)25-21(2,3)4/h6-11,19H,5,12H2,1-4H3,(H,23,24)(H,25,27). The van der Waals surface area contributed by atoms with Gasteiger partial charge in [0.25, 0.3) is 5.91 Å². The van der Waals surface area contributed by atoms with Gasteiger partial charge in [-0.15, -0.1) is 0 Å². The lowest BCUT2D eigenvalue weighted by atomic mass is 10.1. The SMILES string of the molecule is CCOc1cccc(C2Nc3ncc(Br)cc3C(=O)N2CC(=O)NC(C)(C)C)c1. The Morgan fingerprint density at radius 3 is 2.79 bits per heavy atom. The van der Waals surface area contributed by atoms with Gasteiger partial charge in [0.15, 0.2) is 0 Å². The molecule has 1 aliphatic heterocycles. The average molecular weight is 461 g/mol. The number of pyridine rings is 1. The minimum Gasteiger partial charge on any atom is -0.494 e. The van der Waals surface area contributed by atoms with Crippen molar-refractivity contribution in [2.24, 2.45) is 0 Å². The van der Waals surface area contributed by atoms with Crippen LogP contribution in [0.1, 0.15) is 49.8 Å². The Hall–Kier alpha value is -2.61. The number of halogens is 1. The normalized spacial score (nSPS) is 16.1. The summed E-state index contributed by atoms with van der Waals surface area (Å²) >= 11 is 3.36. The van der Waals surface area contributed by atoms with Gasteiger partial charge >= 0.3 is 0 Å². The lowest BCUT2D eigenvalue weighted by molar-refractivity contribution is -0.123. The molecular weight excluding hydrogens is 436 g/mol. The van der Waals surface area contributed by atoms with Crippen molar-refractivity contribution in [1.29, 1.82) is 0 Å². The highest BCUT2D eigenvalue weighted by Crippen LogP contribution is 2.34. The van der Waals surface area contributed by atoms with Gasteiger partial charge in [-0.25, -0.2) is 4.98 Å². The summed E-state index contributed by atoms with van der Waals surface area (Å²) < 4.78 is 6.30. The summed E-state index contributed by atoms with van der Waals surface area (Å²) in [6.07, 6.45) is 1.09. The second-order valence-corrected chi connectivity index (χ2v) is 8.75. The van der Waals surface area contributed by atoms with Gasteiger partial charge in [-0.2, -0.15) is 0 Å². The third-order valence-corrected chi connectivity index (χ3v) is 4.68. The molecule has 154 valence electrons. The number of carbonyl (C=O) groups excluding carboxylic acids is 2. The first-order valence-corrected chi connectivity index (χ1v) is 10.2. The molecular formula is C21H25BrN4O3. The first-order chi connectivity index (χ1) is 13.7. The maximum Gasteiger partial charge on any atom is 0.260 e. The van der Waals surface area contributed by atoms with Crippen molar-refractivity contribution in [2.45, 2.75) is 39.4 Å². The molecule has 2 N–H and O–H groups in total. The highest BCUT2D eigenvalue weighted by Gasteiger charge is 2.35. The Morgan fingerprint density at radius 1 is 1.34 bits per heavy atom. The Kier molecular flexibility index (Phi) is 6.12. The van der Waals surface area contributed by atoms with Crippen LogP contribution in [0.2, 0.25) is 0 Å².